The zero-order valence-corrected chi connectivity index (χ0v) is 16.9. The lowest BCUT2D eigenvalue weighted by Crippen LogP contribution is -2.32. The number of carbonyl (C=O) groups is 1. The van der Waals surface area contributed by atoms with Gasteiger partial charge >= 0.3 is 0 Å². The predicted octanol–water partition coefficient (Wildman–Crippen LogP) is 3.78. The van der Waals surface area contributed by atoms with E-state index >= 15 is 0 Å². The van der Waals surface area contributed by atoms with E-state index in [0.29, 0.717) is 11.1 Å². The Morgan fingerprint density at radius 1 is 1.07 bits per heavy atom. The number of nitrogens with one attached hydrogen (secondary N) is 1. The summed E-state index contributed by atoms with van der Waals surface area (Å²) in [5, 5.41) is 1.66. The molecule has 2 aromatic carbocycles. The molecule has 0 bridgehead atoms. The van der Waals surface area contributed by atoms with Gasteiger partial charge in [-0.2, -0.15) is 0 Å². The van der Waals surface area contributed by atoms with Crippen LogP contribution >= 0.6 is 0 Å². The summed E-state index contributed by atoms with van der Waals surface area (Å²) in [4.78, 5) is 16.6. The van der Waals surface area contributed by atoms with E-state index < -0.39 is 20.9 Å². The number of rotatable bonds is 6. The lowest BCUT2D eigenvalue weighted by Gasteiger charge is -2.19. The number of sulfone groups is 1. The van der Waals surface area contributed by atoms with Crippen molar-refractivity contribution < 1.29 is 17.6 Å². The SMILES string of the molecule is Cc1cc(S(=O)(=O)[C@H](CNC(=O)c2ccccc2C)c2cccnc2)ccc1F. The number of hydrogen-bond donors (Lipinski definition) is 1. The van der Waals surface area contributed by atoms with Crippen molar-refractivity contribution in [1.82, 2.24) is 10.3 Å². The standard InChI is InChI=1S/C22H21FN2O3S/c1-15-6-3-4-8-19(15)22(26)25-14-21(17-7-5-11-24-13-17)29(27,28)18-9-10-20(23)16(2)12-18/h3-13,21H,14H2,1-2H3,(H,25,26)/t21-/m1/s1. The molecule has 0 saturated heterocycles. The van der Waals surface area contributed by atoms with Crippen LogP contribution in [0.5, 0.6) is 0 Å². The van der Waals surface area contributed by atoms with Crippen LogP contribution < -0.4 is 5.32 Å². The molecule has 7 heteroatoms. The maximum atomic E-state index is 13.6. The first-order chi connectivity index (χ1) is 13.8. The van der Waals surface area contributed by atoms with Crippen molar-refractivity contribution in [2.45, 2.75) is 24.0 Å². The quantitative estimate of drug-likeness (QED) is 0.625. The Morgan fingerprint density at radius 3 is 2.48 bits per heavy atom. The van der Waals surface area contributed by atoms with Crippen LogP contribution in [0.25, 0.3) is 0 Å². The van der Waals surface area contributed by atoms with Gasteiger partial charge in [0.2, 0.25) is 0 Å². The second-order valence-corrected chi connectivity index (χ2v) is 8.89. The van der Waals surface area contributed by atoms with Gasteiger partial charge in [0.1, 0.15) is 11.1 Å². The van der Waals surface area contributed by atoms with Crippen LogP contribution in [0.15, 0.2) is 71.9 Å². The van der Waals surface area contributed by atoms with Crippen LogP contribution in [-0.2, 0) is 9.84 Å². The molecule has 0 spiro atoms. The molecule has 1 amide bonds. The van der Waals surface area contributed by atoms with Gasteiger partial charge in [-0.15, -0.1) is 0 Å². The van der Waals surface area contributed by atoms with E-state index in [0.717, 1.165) is 11.6 Å². The summed E-state index contributed by atoms with van der Waals surface area (Å²) >= 11 is 0. The van der Waals surface area contributed by atoms with Crippen molar-refractivity contribution >= 4 is 15.7 Å². The number of aryl methyl sites for hydroxylation is 2. The van der Waals surface area contributed by atoms with Crippen LogP contribution in [0.3, 0.4) is 0 Å². The molecule has 0 aliphatic rings. The lowest BCUT2D eigenvalue weighted by atomic mass is 10.1. The highest BCUT2D eigenvalue weighted by molar-refractivity contribution is 7.91. The second-order valence-electron chi connectivity index (χ2n) is 6.76. The molecule has 0 aliphatic carbocycles. The first-order valence-electron chi connectivity index (χ1n) is 9.04. The number of benzene rings is 2. The Bertz CT molecular complexity index is 1130. The molecule has 0 fully saturated rings. The largest absolute Gasteiger partial charge is 0.350 e. The molecule has 0 unspecified atom stereocenters. The first-order valence-corrected chi connectivity index (χ1v) is 10.6. The zero-order chi connectivity index (χ0) is 21.0. The first kappa shape index (κ1) is 20.7. The van der Waals surface area contributed by atoms with Gasteiger partial charge in [0.25, 0.3) is 5.91 Å². The van der Waals surface area contributed by atoms with Crippen LogP contribution in [0.4, 0.5) is 4.39 Å². The van der Waals surface area contributed by atoms with Crippen LogP contribution in [-0.4, -0.2) is 25.9 Å². The summed E-state index contributed by atoms with van der Waals surface area (Å²) < 4.78 is 40.3. The predicted molar refractivity (Wildman–Crippen MR) is 109 cm³/mol. The van der Waals surface area contributed by atoms with Gasteiger partial charge in [0.15, 0.2) is 9.84 Å². The van der Waals surface area contributed by atoms with Gasteiger partial charge in [-0.05, 0) is 60.9 Å². The minimum Gasteiger partial charge on any atom is -0.350 e. The van der Waals surface area contributed by atoms with E-state index in [1.807, 2.05) is 19.1 Å². The summed E-state index contributed by atoms with van der Waals surface area (Å²) in [6.07, 6.45) is 3.00. The van der Waals surface area contributed by atoms with E-state index in [1.54, 1.807) is 30.5 Å². The average Bonchev–Trinajstić information content (AvgIpc) is 2.71. The Balaban J connectivity index is 1.94. The minimum atomic E-state index is -3.90. The van der Waals surface area contributed by atoms with E-state index in [1.165, 1.54) is 25.3 Å². The average molecular weight is 412 g/mol. The molecule has 1 N–H and O–H groups in total. The third-order valence-corrected chi connectivity index (χ3v) is 6.83. The molecule has 0 saturated carbocycles. The van der Waals surface area contributed by atoms with Gasteiger partial charge in [0, 0.05) is 24.5 Å². The fraction of sp³-hybridized carbons (Fsp3) is 0.182. The van der Waals surface area contributed by atoms with Gasteiger partial charge in [-0.1, -0.05) is 24.3 Å². The van der Waals surface area contributed by atoms with Crippen molar-refractivity contribution in [3.05, 3.63) is 95.1 Å². The Hall–Kier alpha value is -3.06. The third-order valence-electron chi connectivity index (χ3n) is 4.73. The number of hydrogen-bond acceptors (Lipinski definition) is 4. The number of pyridine rings is 1. The Morgan fingerprint density at radius 2 is 1.83 bits per heavy atom. The molecule has 150 valence electrons. The van der Waals surface area contributed by atoms with Crippen molar-refractivity contribution in [2.24, 2.45) is 0 Å². The topological polar surface area (TPSA) is 76.1 Å². The number of amides is 1. The van der Waals surface area contributed by atoms with E-state index in [9.17, 15) is 17.6 Å². The summed E-state index contributed by atoms with van der Waals surface area (Å²) in [6, 6.07) is 14.0. The van der Waals surface area contributed by atoms with Crippen LogP contribution in [0.1, 0.15) is 32.3 Å². The molecule has 0 radical (unpaired) electrons. The molecule has 3 rings (SSSR count). The van der Waals surface area contributed by atoms with E-state index in [4.69, 9.17) is 0 Å². The highest BCUT2D eigenvalue weighted by Gasteiger charge is 2.30. The molecule has 1 aromatic heterocycles. The highest BCUT2D eigenvalue weighted by atomic mass is 32.2. The zero-order valence-electron chi connectivity index (χ0n) is 16.1. The summed E-state index contributed by atoms with van der Waals surface area (Å²) in [5.41, 5.74) is 1.95. The van der Waals surface area contributed by atoms with Crippen molar-refractivity contribution in [3.8, 4) is 0 Å². The Kier molecular flexibility index (Phi) is 6.08. The molecule has 5 nitrogen and oxygen atoms in total. The summed E-state index contributed by atoms with van der Waals surface area (Å²) in [7, 11) is -3.90. The van der Waals surface area contributed by atoms with Crippen LogP contribution in [0.2, 0.25) is 0 Å². The summed E-state index contributed by atoms with van der Waals surface area (Å²) in [5.74, 6) is -0.836. The number of nitrogens with zero attached hydrogens (tertiary/aromatic N) is 1. The number of carbonyl (C=O) groups excluding carboxylic acids is 1. The lowest BCUT2D eigenvalue weighted by molar-refractivity contribution is 0.0953. The van der Waals surface area contributed by atoms with Crippen LogP contribution in [0, 0.1) is 19.7 Å². The maximum Gasteiger partial charge on any atom is 0.251 e. The molecule has 1 atom stereocenters. The second kappa shape index (κ2) is 8.53. The minimum absolute atomic E-state index is 0.00427. The normalized spacial score (nSPS) is 12.4. The van der Waals surface area contributed by atoms with Gasteiger partial charge in [-0.25, -0.2) is 12.8 Å². The summed E-state index contributed by atoms with van der Waals surface area (Å²) in [6.45, 7) is 3.18. The highest BCUT2D eigenvalue weighted by Crippen LogP contribution is 2.29. The van der Waals surface area contributed by atoms with Gasteiger partial charge in [-0.3, -0.25) is 9.78 Å². The molecular formula is C22H21FN2O3S. The van der Waals surface area contributed by atoms with Crippen molar-refractivity contribution in [2.75, 3.05) is 6.54 Å². The maximum absolute atomic E-state index is 13.6. The number of halogens is 1. The smallest absolute Gasteiger partial charge is 0.251 e. The fourth-order valence-corrected chi connectivity index (χ4v) is 4.77. The third kappa shape index (κ3) is 4.51. The van der Waals surface area contributed by atoms with Crippen molar-refractivity contribution in [1.29, 1.82) is 0 Å². The monoisotopic (exact) mass is 412 g/mol. The molecule has 3 aromatic rings. The molecular weight excluding hydrogens is 391 g/mol. The Labute approximate surface area is 169 Å². The number of aromatic nitrogens is 1. The fourth-order valence-electron chi connectivity index (χ4n) is 3.04. The van der Waals surface area contributed by atoms with Crippen molar-refractivity contribution in [3.63, 3.8) is 0 Å². The molecule has 29 heavy (non-hydrogen) atoms. The van der Waals surface area contributed by atoms with E-state index in [2.05, 4.69) is 10.3 Å². The van der Waals surface area contributed by atoms with Gasteiger partial charge in [0.05, 0.1) is 4.90 Å². The molecule has 1 heterocycles. The molecule has 0 aliphatic heterocycles. The van der Waals surface area contributed by atoms with E-state index in [-0.39, 0.29) is 22.9 Å². The van der Waals surface area contributed by atoms with Gasteiger partial charge < -0.3 is 5.32 Å².